The van der Waals surface area contributed by atoms with E-state index in [0.717, 1.165) is 38.2 Å². The van der Waals surface area contributed by atoms with E-state index >= 15 is 0 Å². The van der Waals surface area contributed by atoms with Crippen molar-refractivity contribution in [2.75, 3.05) is 31.1 Å². The Labute approximate surface area is 111 Å². The van der Waals surface area contributed by atoms with Crippen LogP contribution in [0.25, 0.3) is 0 Å². The number of nitrogens with zero attached hydrogens (tertiary/aromatic N) is 4. The van der Waals surface area contributed by atoms with Crippen LogP contribution in [-0.2, 0) is 4.79 Å². The van der Waals surface area contributed by atoms with Gasteiger partial charge < -0.3 is 19.8 Å². The van der Waals surface area contributed by atoms with E-state index in [1.54, 1.807) is 6.07 Å². The van der Waals surface area contributed by atoms with Crippen LogP contribution in [0.2, 0.25) is 0 Å². The Bertz CT molecular complexity index is 455. The molecular weight excluding hydrogens is 248 g/mol. The molecule has 1 fully saturated rings. The van der Waals surface area contributed by atoms with Crippen molar-refractivity contribution in [3.05, 3.63) is 28.4 Å². The topological polar surface area (TPSA) is 79.6 Å². The lowest BCUT2D eigenvalue weighted by atomic mass is 10.2. The summed E-state index contributed by atoms with van der Waals surface area (Å²) in [5.41, 5.74) is 0.879. The van der Waals surface area contributed by atoms with E-state index in [0.29, 0.717) is 0 Å². The maximum absolute atomic E-state index is 10.7. The van der Waals surface area contributed by atoms with Crippen molar-refractivity contribution < 1.29 is 9.72 Å². The lowest BCUT2D eigenvalue weighted by Gasteiger charge is -2.37. The molecule has 1 aromatic heterocycles. The molecule has 7 heteroatoms. The third-order valence-corrected chi connectivity index (χ3v) is 3.37. The molecule has 0 spiro atoms. The zero-order chi connectivity index (χ0) is 13.8. The van der Waals surface area contributed by atoms with Crippen LogP contribution in [0.4, 0.5) is 11.5 Å². The zero-order valence-electron chi connectivity index (χ0n) is 10.7. The standard InChI is InChI=1S/C12H16N4O3/c1-10(9-17)14-4-6-15(7-5-14)11-2-3-12(13-8-11)16(18)19/h2-3,8-10H,4-7H2,1H3. The quantitative estimate of drug-likeness (QED) is 0.452. The molecule has 0 N–H and O–H groups in total. The highest BCUT2D eigenvalue weighted by Crippen LogP contribution is 2.18. The van der Waals surface area contributed by atoms with Crippen molar-refractivity contribution in [3.63, 3.8) is 0 Å². The molecule has 2 heterocycles. The van der Waals surface area contributed by atoms with E-state index in [9.17, 15) is 14.9 Å². The minimum atomic E-state index is -0.506. The molecule has 0 aliphatic carbocycles. The van der Waals surface area contributed by atoms with Gasteiger partial charge in [-0.2, -0.15) is 0 Å². The van der Waals surface area contributed by atoms with Crippen molar-refractivity contribution in [1.82, 2.24) is 9.88 Å². The van der Waals surface area contributed by atoms with E-state index in [4.69, 9.17) is 0 Å². The summed E-state index contributed by atoms with van der Waals surface area (Å²) in [5, 5.41) is 10.5. The number of pyridine rings is 1. The predicted molar refractivity (Wildman–Crippen MR) is 70.2 cm³/mol. The zero-order valence-corrected chi connectivity index (χ0v) is 10.7. The number of nitro groups is 1. The summed E-state index contributed by atoms with van der Waals surface area (Å²) in [6, 6.07) is 3.07. The molecule has 1 atom stereocenters. The summed E-state index contributed by atoms with van der Waals surface area (Å²) in [7, 11) is 0. The van der Waals surface area contributed by atoms with Crippen LogP contribution in [0, 0.1) is 10.1 Å². The van der Waals surface area contributed by atoms with Gasteiger partial charge in [0.25, 0.3) is 0 Å². The Morgan fingerprint density at radius 2 is 2.05 bits per heavy atom. The van der Waals surface area contributed by atoms with E-state index < -0.39 is 4.92 Å². The molecule has 102 valence electrons. The largest absolute Gasteiger partial charge is 0.366 e. The highest BCUT2D eigenvalue weighted by molar-refractivity contribution is 5.57. The summed E-state index contributed by atoms with van der Waals surface area (Å²) in [5.74, 6) is -0.142. The lowest BCUT2D eigenvalue weighted by molar-refractivity contribution is -0.389. The maximum atomic E-state index is 10.7. The molecule has 19 heavy (non-hydrogen) atoms. The molecule has 1 aromatic rings. The first-order chi connectivity index (χ1) is 9.11. The average Bonchev–Trinajstić information content (AvgIpc) is 2.46. The number of aromatic nitrogens is 1. The Hall–Kier alpha value is -2.02. The fourth-order valence-corrected chi connectivity index (χ4v) is 2.15. The van der Waals surface area contributed by atoms with E-state index in [-0.39, 0.29) is 11.9 Å². The van der Waals surface area contributed by atoms with Crippen LogP contribution in [0.15, 0.2) is 18.3 Å². The summed E-state index contributed by atoms with van der Waals surface area (Å²) >= 11 is 0. The number of carbonyl (C=O) groups excluding carboxylic acids is 1. The molecule has 2 rings (SSSR count). The Balaban J connectivity index is 1.97. The van der Waals surface area contributed by atoms with Gasteiger partial charge in [0.1, 0.15) is 6.29 Å². The minimum Gasteiger partial charge on any atom is -0.366 e. The first-order valence-corrected chi connectivity index (χ1v) is 6.16. The molecule has 0 amide bonds. The van der Waals surface area contributed by atoms with Crippen LogP contribution in [0.3, 0.4) is 0 Å². The van der Waals surface area contributed by atoms with Gasteiger partial charge in [0, 0.05) is 32.2 Å². The smallest absolute Gasteiger partial charge is 0.363 e. The van der Waals surface area contributed by atoms with Gasteiger partial charge in [-0.05, 0) is 22.9 Å². The number of carbonyl (C=O) groups is 1. The molecule has 1 unspecified atom stereocenters. The van der Waals surface area contributed by atoms with Gasteiger partial charge in [0.15, 0.2) is 6.20 Å². The molecule has 0 aromatic carbocycles. The highest BCUT2D eigenvalue weighted by atomic mass is 16.6. The Morgan fingerprint density at radius 1 is 1.37 bits per heavy atom. The number of hydrogen-bond donors (Lipinski definition) is 0. The monoisotopic (exact) mass is 264 g/mol. The van der Waals surface area contributed by atoms with Crippen LogP contribution in [0.5, 0.6) is 0 Å². The summed E-state index contributed by atoms with van der Waals surface area (Å²) in [4.78, 5) is 28.8. The van der Waals surface area contributed by atoms with Gasteiger partial charge in [0.2, 0.25) is 0 Å². The molecular formula is C12H16N4O3. The molecule has 1 aliphatic rings. The fraction of sp³-hybridized carbons (Fsp3) is 0.500. The van der Waals surface area contributed by atoms with Crippen LogP contribution < -0.4 is 4.90 Å². The van der Waals surface area contributed by atoms with Crippen molar-refractivity contribution >= 4 is 17.8 Å². The van der Waals surface area contributed by atoms with Crippen molar-refractivity contribution in [2.45, 2.75) is 13.0 Å². The second kappa shape index (κ2) is 5.75. The molecule has 0 radical (unpaired) electrons. The van der Waals surface area contributed by atoms with Crippen molar-refractivity contribution in [1.29, 1.82) is 0 Å². The SMILES string of the molecule is CC(C=O)N1CCN(c2ccc([N+](=O)[O-])nc2)CC1. The van der Waals surface area contributed by atoms with Crippen molar-refractivity contribution in [3.8, 4) is 0 Å². The molecule has 0 saturated carbocycles. The predicted octanol–water partition coefficient (Wildman–Crippen LogP) is 0.699. The van der Waals surface area contributed by atoms with Gasteiger partial charge in [-0.25, -0.2) is 0 Å². The number of piperazine rings is 1. The van der Waals surface area contributed by atoms with Crippen LogP contribution in [0.1, 0.15) is 6.92 Å². The molecule has 1 saturated heterocycles. The maximum Gasteiger partial charge on any atom is 0.363 e. The summed E-state index contributed by atoms with van der Waals surface area (Å²) in [6.07, 6.45) is 2.47. The fourth-order valence-electron chi connectivity index (χ4n) is 2.15. The van der Waals surface area contributed by atoms with Crippen molar-refractivity contribution in [2.24, 2.45) is 0 Å². The second-order valence-corrected chi connectivity index (χ2v) is 4.53. The number of rotatable bonds is 4. The third-order valence-electron chi connectivity index (χ3n) is 3.37. The third kappa shape index (κ3) is 3.05. The second-order valence-electron chi connectivity index (χ2n) is 4.53. The first-order valence-electron chi connectivity index (χ1n) is 6.16. The van der Waals surface area contributed by atoms with Gasteiger partial charge in [-0.3, -0.25) is 4.90 Å². The number of aldehydes is 1. The normalized spacial score (nSPS) is 18.1. The van der Waals surface area contributed by atoms with E-state index in [1.807, 2.05) is 6.92 Å². The molecule has 7 nitrogen and oxygen atoms in total. The van der Waals surface area contributed by atoms with Gasteiger partial charge in [-0.1, -0.05) is 0 Å². The van der Waals surface area contributed by atoms with E-state index in [2.05, 4.69) is 14.8 Å². The van der Waals surface area contributed by atoms with E-state index in [1.165, 1.54) is 12.3 Å². The lowest BCUT2D eigenvalue weighted by Crippen LogP contribution is -2.50. The minimum absolute atomic E-state index is 0.0582. The summed E-state index contributed by atoms with van der Waals surface area (Å²) < 4.78 is 0. The molecule has 0 bridgehead atoms. The number of anilines is 1. The Morgan fingerprint density at radius 3 is 2.53 bits per heavy atom. The average molecular weight is 264 g/mol. The molecule has 1 aliphatic heterocycles. The van der Waals surface area contributed by atoms with Gasteiger partial charge in [0.05, 0.1) is 11.7 Å². The number of hydrogen-bond acceptors (Lipinski definition) is 6. The highest BCUT2D eigenvalue weighted by Gasteiger charge is 2.21. The Kier molecular flexibility index (Phi) is 4.06. The summed E-state index contributed by atoms with van der Waals surface area (Å²) in [6.45, 7) is 5.07. The van der Waals surface area contributed by atoms with Gasteiger partial charge in [-0.15, -0.1) is 0 Å². The van der Waals surface area contributed by atoms with Crippen LogP contribution >= 0.6 is 0 Å². The first kappa shape index (κ1) is 13.4. The van der Waals surface area contributed by atoms with Crippen LogP contribution in [-0.4, -0.2) is 53.3 Å². The van der Waals surface area contributed by atoms with Gasteiger partial charge >= 0.3 is 5.82 Å².